The molecule has 3 rings (SSSR count). The van der Waals surface area contributed by atoms with Gasteiger partial charge in [-0.25, -0.2) is 14.2 Å². The van der Waals surface area contributed by atoms with Gasteiger partial charge in [0.05, 0.1) is 10.9 Å². The van der Waals surface area contributed by atoms with Gasteiger partial charge in [0.15, 0.2) is 0 Å². The first-order valence-electron chi connectivity index (χ1n) is 12.6. The van der Waals surface area contributed by atoms with Gasteiger partial charge in [0, 0.05) is 6.42 Å². The van der Waals surface area contributed by atoms with Crippen molar-refractivity contribution in [1.29, 1.82) is 0 Å². The monoisotopic (exact) mass is 522 g/mol. The zero-order valence-corrected chi connectivity index (χ0v) is 21.9. The van der Waals surface area contributed by atoms with E-state index in [4.69, 9.17) is 0 Å². The van der Waals surface area contributed by atoms with Gasteiger partial charge >= 0.3 is 11.7 Å². The molecule has 0 saturated carbocycles. The van der Waals surface area contributed by atoms with Gasteiger partial charge in [-0.15, -0.1) is 0 Å². The zero-order chi connectivity index (χ0) is 28.0. The van der Waals surface area contributed by atoms with Gasteiger partial charge < -0.3 is 20.7 Å². The fourth-order valence-electron chi connectivity index (χ4n) is 4.34. The highest BCUT2D eigenvalue weighted by Gasteiger charge is 2.33. The van der Waals surface area contributed by atoms with Crippen molar-refractivity contribution in [1.82, 2.24) is 20.2 Å². The first-order chi connectivity index (χ1) is 18.0. The quantitative estimate of drug-likeness (QED) is 0.303. The smallest absolute Gasteiger partial charge is 0.329 e. The van der Waals surface area contributed by atoms with E-state index in [1.165, 1.54) is 0 Å². The number of aromatic amines is 1. The maximum Gasteiger partial charge on any atom is 0.329 e. The SMILES string of the molecule is CC(C)C[C@H](NC(=O)[C@@H](NC(=O)[C@H](Cc1ccccc1)n1c(=O)[nH]c2ccccc2c1=O)C(C)C)C(=O)O. The number of carboxylic acid groups (broad SMARTS) is 1. The van der Waals surface area contributed by atoms with E-state index < -0.39 is 53.1 Å². The molecule has 2 aromatic carbocycles. The molecule has 0 bridgehead atoms. The molecule has 202 valence electrons. The number of hydrogen-bond donors (Lipinski definition) is 4. The molecule has 0 aliphatic carbocycles. The van der Waals surface area contributed by atoms with Gasteiger partial charge in [-0.2, -0.15) is 0 Å². The first-order valence-corrected chi connectivity index (χ1v) is 12.6. The number of carbonyl (C=O) groups excluding carboxylic acids is 2. The fraction of sp³-hybridized carbons (Fsp3) is 0.393. The third kappa shape index (κ3) is 6.76. The van der Waals surface area contributed by atoms with Crippen molar-refractivity contribution in [2.75, 3.05) is 0 Å². The van der Waals surface area contributed by atoms with E-state index in [2.05, 4.69) is 15.6 Å². The Bertz CT molecular complexity index is 1410. The lowest BCUT2D eigenvalue weighted by Gasteiger charge is -2.27. The van der Waals surface area contributed by atoms with Crippen molar-refractivity contribution < 1.29 is 19.5 Å². The van der Waals surface area contributed by atoms with E-state index in [9.17, 15) is 29.1 Å². The van der Waals surface area contributed by atoms with Gasteiger partial charge in [0.2, 0.25) is 11.8 Å². The summed E-state index contributed by atoms with van der Waals surface area (Å²) in [6.45, 7) is 7.11. The standard InChI is InChI=1S/C28H34N4O6/c1-16(2)14-21(27(36)37)29-25(34)23(17(3)4)31-24(33)22(15-18-10-6-5-7-11-18)32-26(35)19-12-8-9-13-20(19)30-28(32)38/h5-13,16-17,21-23H,14-15H2,1-4H3,(H,29,34)(H,30,38)(H,31,33)(H,36,37)/t21-,22-,23-/m0/s1. The molecule has 38 heavy (non-hydrogen) atoms. The largest absolute Gasteiger partial charge is 0.480 e. The van der Waals surface area contributed by atoms with Crippen molar-refractivity contribution in [3.8, 4) is 0 Å². The highest BCUT2D eigenvalue weighted by Crippen LogP contribution is 2.15. The summed E-state index contributed by atoms with van der Waals surface area (Å²) < 4.78 is 0.874. The number of aromatic nitrogens is 2. The van der Waals surface area contributed by atoms with Crippen LogP contribution in [0.15, 0.2) is 64.2 Å². The van der Waals surface area contributed by atoms with Gasteiger partial charge in [-0.3, -0.25) is 14.4 Å². The highest BCUT2D eigenvalue weighted by molar-refractivity contribution is 5.91. The fourth-order valence-corrected chi connectivity index (χ4v) is 4.34. The van der Waals surface area contributed by atoms with Crippen LogP contribution in [0.2, 0.25) is 0 Å². The Hall–Kier alpha value is -4.21. The molecule has 2 amide bonds. The predicted octanol–water partition coefficient (Wildman–Crippen LogP) is 2.23. The molecule has 0 aliphatic heterocycles. The minimum absolute atomic E-state index is 0.0187. The van der Waals surface area contributed by atoms with Crippen LogP contribution in [0.5, 0.6) is 0 Å². The van der Waals surface area contributed by atoms with E-state index in [1.54, 1.807) is 62.4 Å². The molecular formula is C28H34N4O6. The topological polar surface area (TPSA) is 150 Å². The molecule has 0 saturated heterocycles. The Labute approximate surface area is 220 Å². The molecule has 0 radical (unpaired) electrons. The Morgan fingerprint density at radius 3 is 2.13 bits per heavy atom. The van der Waals surface area contributed by atoms with Crippen LogP contribution in [0.1, 0.15) is 45.7 Å². The second-order valence-electron chi connectivity index (χ2n) is 10.1. The van der Waals surface area contributed by atoms with Crippen molar-refractivity contribution >= 4 is 28.7 Å². The molecule has 4 N–H and O–H groups in total. The Morgan fingerprint density at radius 1 is 0.895 bits per heavy atom. The van der Waals surface area contributed by atoms with Gasteiger partial charge in [-0.05, 0) is 36.0 Å². The Kier molecular flexibility index (Phi) is 9.22. The normalized spacial score (nSPS) is 13.7. The molecule has 1 aromatic heterocycles. The predicted molar refractivity (Wildman–Crippen MR) is 144 cm³/mol. The molecule has 0 spiro atoms. The zero-order valence-electron chi connectivity index (χ0n) is 21.9. The highest BCUT2D eigenvalue weighted by atomic mass is 16.4. The van der Waals surface area contributed by atoms with E-state index in [0.29, 0.717) is 11.1 Å². The third-order valence-electron chi connectivity index (χ3n) is 6.29. The summed E-state index contributed by atoms with van der Waals surface area (Å²) in [6.07, 6.45) is 0.240. The van der Waals surface area contributed by atoms with Crippen LogP contribution < -0.4 is 21.9 Å². The molecular weight excluding hydrogens is 488 g/mol. The number of hydrogen-bond acceptors (Lipinski definition) is 5. The number of benzene rings is 2. The van der Waals surface area contributed by atoms with Gasteiger partial charge in [0.1, 0.15) is 18.1 Å². The third-order valence-corrected chi connectivity index (χ3v) is 6.29. The van der Waals surface area contributed by atoms with E-state index in [-0.39, 0.29) is 24.1 Å². The van der Waals surface area contributed by atoms with Crippen LogP contribution in [0.4, 0.5) is 0 Å². The second-order valence-corrected chi connectivity index (χ2v) is 10.1. The minimum Gasteiger partial charge on any atom is -0.480 e. The molecule has 1 heterocycles. The number of amides is 2. The van der Waals surface area contributed by atoms with Gasteiger partial charge in [-0.1, -0.05) is 70.2 Å². The van der Waals surface area contributed by atoms with E-state index in [1.807, 2.05) is 19.9 Å². The molecule has 10 nitrogen and oxygen atoms in total. The van der Waals surface area contributed by atoms with Crippen molar-refractivity contribution in [3.63, 3.8) is 0 Å². The summed E-state index contributed by atoms with van der Waals surface area (Å²) in [7, 11) is 0. The number of carbonyl (C=O) groups is 3. The van der Waals surface area contributed by atoms with Crippen LogP contribution in [0.25, 0.3) is 10.9 Å². The first kappa shape index (κ1) is 28.4. The lowest BCUT2D eigenvalue weighted by molar-refractivity contribution is -0.143. The minimum atomic E-state index is -1.27. The number of para-hydroxylation sites is 1. The number of aliphatic carboxylic acids is 1. The van der Waals surface area contributed by atoms with Crippen LogP contribution in [0.3, 0.4) is 0 Å². The number of rotatable bonds is 11. The molecule has 0 unspecified atom stereocenters. The molecule has 10 heteroatoms. The molecule has 3 aromatic rings. The second kappa shape index (κ2) is 12.4. The lowest BCUT2D eigenvalue weighted by Crippen LogP contribution is -2.56. The van der Waals surface area contributed by atoms with Crippen LogP contribution in [-0.4, -0.2) is 44.5 Å². The van der Waals surface area contributed by atoms with Crippen LogP contribution in [-0.2, 0) is 20.8 Å². The summed E-state index contributed by atoms with van der Waals surface area (Å²) in [6, 6.07) is 12.0. The van der Waals surface area contributed by atoms with E-state index in [0.717, 1.165) is 4.57 Å². The number of carboxylic acids is 1. The lowest BCUT2D eigenvalue weighted by atomic mass is 9.99. The number of fused-ring (bicyclic) bond motifs is 1. The summed E-state index contributed by atoms with van der Waals surface area (Å²) in [4.78, 5) is 67.6. The number of nitrogens with one attached hydrogen (secondary N) is 3. The molecule has 0 aliphatic rings. The maximum absolute atomic E-state index is 13.7. The van der Waals surface area contributed by atoms with Crippen LogP contribution >= 0.6 is 0 Å². The Balaban J connectivity index is 1.99. The average Bonchev–Trinajstić information content (AvgIpc) is 2.86. The summed E-state index contributed by atoms with van der Waals surface area (Å²) in [5, 5.41) is 15.0. The van der Waals surface area contributed by atoms with Crippen LogP contribution in [0, 0.1) is 11.8 Å². The molecule has 3 atom stereocenters. The average molecular weight is 523 g/mol. The maximum atomic E-state index is 13.7. The number of H-pyrrole nitrogens is 1. The van der Waals surface area contributed by atoms with E-state index >= 15 is 0 Å². The van der Waals surface area contributed by atoms with Gasteiger partial charge in [0.25, 0.3) is 5.56 Å². The summed E-state index contributed by atoms with van der Waals surface area (Å²) >= 11 is 0. The molecule has 0 fully saturated rings. The summed E-state index contributed by atoms with van der Waals surface area (Å²) in [5.41, 5.74) is -0.325. The van der Waals surface area contributed by atoms with Crippen molar-refractivity contribution in [2.24, 2.45) is 11.8 Å². The van der Waals surface area contributed by atoms with Crippen molar-refractivity contribution in [2.45, 2.75) is 58.7 Å². The summed E-state index contributed by atoms with van der Waals surface area (Å²) in [5.74, 6) is -2.92. The Morgan fingerprint density at radius 2 is 1.53 bits per heavy atom. The van der Waals surface area contributed by atoms with Crippen molar-refractivity contribution in [3.05, 3.63) is 81.0 Å². The number of nitrogens with zero attached hydrogens (tertiary/aromatic N) is 1.